The smallest absolute Gasteiger partial charge is 0.276 e. The van der Waals surface area contributed by atoms with Gasteiger partial charge in [-0.1, -0.05) is 0 Å². The number of nitrogens with one attached hydrogen (secondary N) is 2. The lowest BCUT2D eigenvalue weighted by Gasteiger charge is -2.10. The molecule has 3 rings (SSSR count). The van der Waals surface area contributed by atoms with Crippen molar-refractivity contribution in [3.63, 3.8) is 0 Å². The van der Waals surface area contributed by atoms with Crippen LogP contribution in [0.5, 0.6) is 17.2 Å². The number of halogens is 2. The summed E-state index contributed by atoms with van der Waals surface area (Å²) in [7, 11) is 0. The molecule has 0 saturated carbocycles. The van der Waals surface area contributed by atoms with E-state index >= 15 is 0 Å². The van der Waals surface area contributed by atoms with E-state index in [9.17, 15) is 14.0 Å². The molecule has 2 aromatic rings. The predicted molar refractivity (Wildman–Crippen MR) is 87.8 cm³/mol. The summed E-state index contributed by atoms with van der Waals surface area (Å²) in [4.78, 5) is 23.7. The normalized spacial score (nSPS) is 11.8. The van der Waals surface area contributed by atoms with Gasteiger partial charge in [0.1, 0.15) is 11.6 Å². The molecule has 1 aliphatic heterocycles. The van der Waals surface area contributed by atoms with Gasteiger partial charge in [-0.15, -0.1) is 0 Å². The highest BCUT2D eigenvalue weighted by Crippen LogP contribution is 2.32. The van der Waals surface area contributed by atoms with Crippen molar-refractivity contribution >= 4 is 27.7 Å². The highest BCUT2D eigenvalue weighted by Gasteiger charge is 2.16. The average Bonchev–Trinajstić information content (AvgIpc) is 3.06. The van der Waals surface area contributed by atoms with Crippen molar-refractivity contribution in [1.82, 2.24) is 10.9 Å². The standard InChI is InChI=1S/C16H12BrFN2O5/c17-11-6-10(18)2-4-12(11)23-7-15(21)19-20-16(22)9-1-3-13-14(5-9)25-8-24-13/h1-6H,7-8H2,(H,19,21)(H,20,22). The molecule has 2 aromatic carbocycles. The Kier molecular flexibility index (Phi) is 5.03. The molecule has 0 atom stereocenters. The number of hydrazine groups is 1. The van der Waals surface area contributed by atoms with Crippen LogP contribution in [0.2, 0.25) is 0 Å². The molecule has 9 heteroatoms. The first-order chi connectivity index (χ1) is 12.0. The van der Waals surface area contributed by atoms with Crippen LogP contribution in [0.4, 0.5) is 4.39 Å². The van der Waals surface area contributed by atoms with Gasteiger partial charge >= 0.3 is 0 Å². The van der Waals surface area contributed by atoms with Crippen LogP contribution in [0, 0.1) is 5.82 Å². The number of ether oxygens (including phenoxy) is 3. The zero-order chi connectivity index (χ0) is 17.8. The summed E-state index contributed by atoms with van der Waals surface area (Å²) in [5.41, 5.74) is 4.79. The second-order valence-electron chi connectivity index (χ2n) is 4.93. The maximum atomic E-state index is 13.0. The maximum absolute atomic E-state index is 13.0. The van der Waals surface area contributed by atoms with Crippen LogP contribution >= 0.6 is 15.9 Å². The Labute approximate surface area is 150 Å². The van der Waals surface area contributed by atoms with Crippen molar-refractivity contribution in [3.05, 3.63) is 52.3 Å². The Balaban J connectivity index is 1.49. The summed E-state index contributed by atoms with van der Waals surface area (Å²) in [5, 5.41) is 0. The second-order valence-corrected chi connectivity index (χ2v) is 5.79. The minimum absolute atomic E-state index is 0.105. The van der Waals surface area contributed by atoms with Crippen LogP contribution in [0.3, 0.4) is 0 Å². The lowest BCUT2D eigenvalue weighted by Crippen LogP contribution is -2.43. The molecule has 0 bridgehead atoms. The van der Waals surface area contributed by atoms with Crippen molar-refractivity contribution in [2.24, 2.45) is 0 Å². The van der Waals surface area contributed by atoms with Crippen LogP contribution in [0.1, 0.15) is 10.4 Å². The van der Waals surface area contributed by atoms with Crippen LogP contribution < -0.4 is 25.1 Å². The predicted octanol–water partition coefficient (Wildman–Crippen LogP) is 2.16. The number of hydrogen-bond acceptors (Lipinski definition) is 5. The van der Waals surface area contributed by atoms with Crippen LogP contribution in [0.25, 0.3) is 0 Å². The Morgan fingerprint density at radius 1 is 1.12 bits per heavy atom. The second kappa shape index (κ2) is 7.39. The molecule has 0 aromatic heterocycles. The van der Waals surface area contributed by atoms with Gasteiger partial charge in [-0.25, -0.2) is 4.39 Å². The molecule has 25 heavy (non-hydrogen) atoms. The molecule has 7 nitrogen and oxygen atoms in total. The fraction of sp³-hybridized carbons (Fsp3) is 0.125. The first-order valence-corrected chi connectivity index (χ1v) is 7.89. The van der Waals surface area contributed by atoms with Gasteiger partial charge in [-0.2, -0.15) is 0 Å². The van der Waals surface area contributed by atoms with E-state index in [0.29, 0.717) is 27.3 Å². The van der Waals surface area contributed by atoms with E-state index in [-0.39, 0.29) is 13.4 Å². The van der Waals surface area contributed by atoms with E-state index in [1.165, 1.54) is 24.3 Å². The van der Waals surface area contributed by atoms with Gasteiger partial charge in [-0.3, -0.25) is 20.4 Å². The number of amides is 2. The van der Waals surface area contributed by atoms with E-state index in [2.05, 4.69) is 26.8 Å². The van der Waals surface area contributed by atoms with Crippen LogP contribution in [0.15, 0.2) is 40.9 Å². The summed E-state index contributed by atoms with van der Waals surface area (Å²) in [5.74, 6) is -0.208. The maximum Gasteiger partial charge on any atom is 0.276 e. The number of fused-ring (bicyclic) bond motifs is 1. The topological polar surface area (TPSA) is 85.9 Å². The van der Waals surface area contributed by atoms with Gasteiger partial charge in [-0.05, 0) is 52.3 Å². The number of carbonyl (C=O) groups is 2. The number of carbonyl (C=O) groups excluding carboxylic acids is 2. The van der Waals surface area contributed by atoms with Crippen LogP contribution in [-0.4, -0.2) is 25.2 Å². The zero-order valence-electron chi connectivity index (χ0n) is 12.7. The van der Waals surface area contributed by atoms with Gasteiger partial charge in [0, 0.05) is 5.56 Å². The fourth-order valence-electron chi connectivity index (χ4n) is 2.01. The molecule has 0 radical (unpaired) electrons. The fourth-order valence-corrected chi connectivity index (χ4v) is 2.47. The molecular formula is C16H12BrFN2O5. The molecule has 0 saturated heterocycles. The Morgan fingerprint density at radius 2 is 1.92 bits per heavy atom. The zero-order valence-corrected chi connectivity index (χ0v) is 14.3. The number of rotatable bonds is 4. The average molecular weight is 411 g/mol. The van der Waals surface area contributed by atoms with Crippen molar-refractivity contribution in [2.45, 2.75) is 0 Å². The van der Waals surface area contributed by atoms with E-state index in [4.69, 9.17) is 14.2 Å². The van der Waals surface area contributed by atoms with Gasteiger partial charge in [0.2, 0.25) is 6.79 Å². The summed E-state index contributed by atoms with van der Waals surface area (Å²) in [6.07, 6.45) is 0. The molecular weight excluding hydrogens is 399 g/mol. The van der Waals surface area contributed by atoms with Gasteiger partial charge in [0.25, 0.3) is 11.8 Å². The first-order valence-electron chi connectivity index (χ1n) is 7.09. The summed E-state index contributed by atoms with van der Waals surface area (Å²) < 4.78 is 28.9. The molecule has 2 N–H and O–H groups in total. The van der Waals surface area contributed by atoms with Gasteiger partial charge in [0.05, 0.1) is 4.47 Å². The Morgan fingerprint density at radius 3 is 2.72 bits per heavy atom. The SMILES string of the molecule is O=C(COc1ccc(F)cc1Br)NNC(=O)c1ccc2c(c1)OCO2. The molecule has 130 valence electrons. The molecule has 0 fully saturated rings. The minimum atomic E-state index is -0.578. The van der Waals surface area contributed by atoms with Gasteiger partial charge < -0.3 is 14.2 Å². The molecule has 1 aliphatic rings. The highest BCUT2D eigenvalue weighted by molar-refractivity contribution is 9.10. The first kappa shape index (κ1) is 17.0. The highest BCUT2D eigenvalue weighted by atomic mass is 79.9. The lowest BCUT2D eigenvalue weighted by atomic mass is 10.2. The van der Waals surface area contributed by atoms with Gasteiger partial charge in [0.15, 0.2) is 18.1 Å². The van der Waals surface area contributed by atoms with E-state index in [1.807, 2.05) is 0 Å². The third-order valence-electron chi connectivity index (χ3n) is 3.20. The summed E-state index contributed by atoms with van der Waals surface area (Å²) in [6, 6.07) is 8.47. The lowest BCUT2D eigenvalue weighted by molar-refractivity contribution is -0.123. The summed E-state index contributed by atoms with van der Waals surface area (Å²) >= 11 is 3.13. The minimum Gasteiger partial charge on any atom is -0.483 e. The molecule has 0 aliphatic carbocycles. The monoisotopic (exact) mass is 410 g/mol. The Hall–Kier alpha value is -2.81. The van der Waals surface area contributed by atoms with E-state index < -0.39 is 17.6 Å². The largest absolute Gasteiger partial charge is 0.483 e. The van der Waals surface area contributed by atoms with Crippen LogP contribution in [-0.2, 0) is 4.79 Å². The quantitative estimate of drug-likeness (QED) is 0.754. The molecule has 1 heterocycles. The van der Waals surface area contributed by atoms with E-state index in [1.54, 1.807) is 12.1 Å². The number of benzene rings is 2. The third kappa shape index (κ3) is 4.18. The molecule has 0 spiro atoms. The molecule has 0 unspecified atom stereocenters. The Bertz CT molecular complexity index is 830. The summed E-state index contributed by atoms with van der Waals surface area (Å²) in [6.45, 7) is -0.251. The van der Waals surface area contributed by atoms with Crippen molar-refractivity contribution < 1.29 is 28.2 Å². The molecule has 2 amide bonds. The third-order valence-corrected chi connectivity index (χ3v) is 3.82. The van der Waals surface area contributed by atoms with Crippen molar-refractivity contribution in [2.75, 3.05) is 13.4 Å². The van der Waals surface area contributed by atoms with E-state index in [0.717, 1.165) is 0 Å². The van der Waals surface area contributed by atoms with Crippen molar-refractivity contribution in [3.8, 4) is 17.2 Å². The van der Waals surface area contributed by atoms with Crippen molar-refractivity contribution in [1.29, 1.82) is 0 Å². The number of hydrogen-bond donors (Lipinski definition) is 2.